The molecule has 1 aromatic rings. The molecule has 1 saturated heterocycles. The zero-order valence-electron chi connectivity index (χ0n) is 10.9. The minimum absolute atomic E-state index is 0.00574. The fraction of sp³-hybridized carbons (Fsp3) is 0.357. The zero-order valence-corrected chi connectivity index (χ0v) is 10.9. The standard InChI is InChI=1S/C14H17NO4/c1-10(16)15-12(8-11-6-4-3-5-7-11)14(17,18)13(2)9-19-13/h3-8,17-18H,9H2,1-2H3,(H,15,16)/b12-8-/t13-/m1/s1. The van der Waals surface area contributed by atoms with E-state index in [1.165, 1.54) is 13.0 Å². The van der Waals surface area contributed by atoms with Crippen LogP contribution in [0.2, 0.25) is 0 Å². The van der Waals surface area contributed by atoms with Crippen molar-refractivity contribution >= 4 is 12.0 Å². The number of epoxide rings is 1. The monoisotopic (exact) mass is 263 g/mol. The van der Waals surface area contributed by atoms with E-state index in [1.807, 2.05) is 18.2 Å². The maximum absolute atomic E-state index is 11.2. The summed E-state index contributed by atoms with van der Waals surface area (Å²) in [5, 5.41) is 22.9. The van der Waals surface area contributed by atoms with Crippen LogP contribution in [0.15, 0.2) is 36.0 Å². The smallest absolute Gasteiger partial charge is 0.237 e. The van der Waals surface area contributed by atoms with Gasteiger partial charge in [-0.15, -0.1) is 0 Å². The predicted octanol–water partition coefficient (Wildman–Crippen LogP) is 0.633. The molecule has 1 aromatic carbocycles. The summed E-state index contributed by atoms with van der Waals surface area (Å²) in [6.45, 7) is 3.12. The Morgan fingerprint density at radius 3 is 2.47 bits per heavy atom. The fourth-order valence-electron chi connectivity index (χ4n) is 1.72. The number of aliphatic hydroxyl groups is 2. The predicted molar refractivity (Wildman–Crippen MR) is 69.8 cm³/mol. The van der Waals surface area contributed by atoms with Crippen molar-refractivity contribution in [2.45, 2.75) is 25.2 Å². The molecule has 2 rings (SSSR count). The molecule has 5 nitrogen and oxygen atoms in total. The number of benzene rings is 1. The van der Waals surface area contributed by atoms with E-state index >= 15 is 0 Å². The molecule has 1 aliphatic heterocycles. The number of nitrogens with one attached hydrogen (secondary N) is 1. The quantitative estimate of drug-likeness (QED) is 0.550. The second-order valence-electron chi connectivity index (χ2n) is 4.84. The molecular weight excluding hydrogens is 246 g/mol. The fourth-order valence-corrected chi connectivity index (χ4v) is 1.72. The first-order valence-corrected chi connectivity index (χ1v) is 5.99. The van der Waals surface area contributed by atoms with E-state index in [4.69, 9.17) is 4.74 Å². The van der Waals surface area contributed by atoms with E-state index in [0.29, 0.717) is 0 Å². The molecule has 102 valence electrons. The van der Waals surface area contributed by atoms with Crippen LogP contribution in [0, 0.1) is 0 Å². The van der Waals surface area contributed by atoms with Crippen molar-refractivity contribution in [1.29, 1.82) is 0 Å². The van der Waals surface area contributed by atoms with Crippen molar-refractivity contribution in [3.63, 3.8) is 0 Å². The molecule has 1 amide bonds. The average molecular weight is 263 g/mol. The van der Waals surface area contributed by atoms with Gasteiger partial charge in [0.1, 0.15) is 5.60 Å². The van der Waals surface area contributed by atoms with Crippen molar-refractivity contribution in [3.8, 4) is 0 Å². The number of carbonyl (C=O) groups excluding carboxylic acids is 1. The largest absolute Gasteiger partial charge is 0.364 e. The van der Waals surface area contributed by atoms with Gasteiger partial charge in [0.05, 0.1) is 12.3 Å². The maximum atomic E-state index is 11.2. The molecule has 3 N–H and O–H groups in total. The van der Waals surface area contributed by atoms with E-state index in [2.05, 4.69) is 5.32 Å². The Labute approximate surface area is 111 Å². The molecule has 5 heteroatoms. The number of rotatable bonds is 4. The van der Waals surface area contributed by atoms with Crippen LogP contribution in [-0.4, -0.2) is 34.1 Å². The Balaban J connectivity index is 2.36. The minimum Gasteiger partial charge on any atom is -0.364 e. The molecule has 1 atom stereocenters. The van der Waals surface area contributed by atoms with Gasteiger partial charge >= 0.3 is 0 Å². The van der Waals surface area contributed by atoms with E-state index in [-0.39, 0.29) is 18.2 Å². The molecule has 0 aromatic heterocycles. The van der Waals surface area contributed by atoms with Crippen LogP contribution in [0.4, 0.5) is 0 Å². The van der Waals surface area contributed by atoms with Crippen LogP contribution < -0.4 is 5.32 Å². The lowest BCUT2D eigenvalue weighted by molar-refractivity contribution is -0.176. The SMILES string of the molecule is CC(=O)N/C(=C\c1ccccc1)C(O)(O)[C@@]1(C)CO1. The molecule has 0 unspecified atom stereocenters. The van der Waals surface area contributed by atoms with Crippen molar-refractivity contribution in [3.05, 3.63) is 41.6 Å². The second-order valence-corrected chi connectivity index (χ2v) is 4.84. The first-order valence-electron chi connectivity index (χ1n) is 5.99. The van der Waals surface area contributed by atoms with Gasteiger partial charge in [-0.2, -0.15) is 0 Å². The van der Waals surface area contributed by atoms with E-state index in [1.54, 1.807) is 19.1 Å². The molecular formula is C14H17NO4. The molecule has 1 fully saturated rings. The first kappa shape index (κ1) is 13.7. The molecule has 19 heavy (non-hydrogen) atoms. The third-order valence-electron chi connectivity index (χ3n) is 3.11. The van der Waals surface area contributed by atoms with Gasteiger partial charge in [-0.3, -0.25) is 4.79 Å². The van der Waals surface area contributed by atoms with Gasteiger partial charge in [-0.25, -0.2) is 0 Å². The minimum atomic E-state index is -2.24. The van der Waals surface area contributed by atoms with Crippen LogP contribution in [0.25, 0.3) is 6.08 Å². The highest BCUT2D eigenvalue weighted by Crippen LogP contribution is 2.40. The van der Waals surface area contributed by atoms with Crippen LogP contribution in [-0.2, 0) is 9.53 Å². The topological polar surface area (TPSA) is 82.1 Å². The van der Waals surface area contributed by atoms with Crippen molar-refractivity contribution in [2.24, 2.45) is 0 Å². The maximum Gasteiger partial charge on any atom is 0.237 e. The number of hydrogen-bond donors (Lipinski definition) is 3. The van der Waals surface area contributed by atoms with Crippen molar-refractivity contribution in [1.82, 2.24) is 5.32 Å². The van der Waals surface area contributed by atoms with Crippen LogP contribution in [0.5, 0.6) is 0 Å². The lowest BCUT2D eigenvalue weighted by Crippen LogP contribution is -2.50. The summed E-state index contributed by atoms with van der Waals surface area (Å²) >= 11 is 0. The summed E-state index contributed by atoms with van der Waals surface area (Å²) in [5.41, 5.74) is -0.329. The van der Waals surface area contributed by atoms with Gasteiger partial charge in [0.25, 0.3) is 0 Å². The second kappa shape index (κ2) is 4.77. The Morgan fingerprint density at radius 2 is 2.00 bits per heavy atom. The molecule has 0 spiro atoms. The lowest BCUT2D eigenvalue weighted by atomic mass is 9.96. The molecule has 0 bridgehead atoms. The first-order chi connectivity index (χ1) is 8.85. The Kier molecular flexibility index (Phi) is 3.45. The van der Waals surface area contributed by atoms with Gasteiger partial charge < -0.3 is 20.3 Å². The van der Waals surface area contributed by atoms with Crippen LogP contribution >= 0.6 is 0 Å². The molecule has 0 radical (unpaired) electrons. The summed E-state index contributed by atoms with van der Waals surface area (Å²) in [7, 11) is 0. The number of amides is 1. The van der Waals surface area contributed by atoms with Gasteiger partial charge in [0, 0.05) is 6.92 Å². The molecule has 1 aliphatic rings. The van der Waals surface area contributed by atoms with Gasteiger partial charge in [0.15, 0.2) is 0 Å². The Morgan fingerprint density at radius 1 is 1.42 bits per heavy atom. The van der Waals surface area contributed by atoms with Gasteiger partial charge in [-0.1, -0.05) is 30.3 Å². The van der Waals surface area contributed by atoms with E-state index in [9.17, 15) is 15.0 Å². The summed E-state index contributed by atoms with van der Waals surface area (Å²) in [6, 6.07) is 9.10. The summed E-state index contributed by atoms with van der Waals surface area (Å²) in [5.74, 6) is -2.62. The van der Waals surface area contributed by atoms with Gasteiger partial charge in [0.2, 0.25) is 11.7 Å². The summed E-state index contributed by atoms with van der Waals surface area (Å²) in [6.07, 6.45) is 1.52. The number of hydrogen-bond acceptors (Lipinski definition) is 4. The molecule has 0 saturated carbocycles. The number of carbonyl (C=O) groups is 1. The van der Waals surface area contributed by atoms with Crippen molar-refractivity contribution in [2.75, 3.05) is 6.61 Å². The third kappa shape index (κ3) is 2.84. The average Bonchev–Trinajstić information content (AvgIpc) is 3.09. The molecule has 0 aliphatic carbocycles. The van der Waals surface area contributed by atoms with Crippen molar-refractivity contribution < 1.29 is 19.7 Å². The number of ether oxygens (including phenoxy) is 1. The molecule has 1 heterocycles. The summed E-state index contributed by atoms with van der Waals surface area (Å²) in [4.78, 5) is 11.2. The third-order valence-corrected chi connectivity index (χ3v) is 3.11. The highest BCUT2D eigenvalue weighted by Gasteiger charge is 2.59. The highest BCUT2D eigenvalue weighted by atomic mass is 16.6. The lowest BCUT2D eigenvalue weighted by Gasteiger charge is -2.28. The van der Waals surface area contributed by atoms with E-state index in [0.717, 1.165) is 5.56 Å². The van der Waals surface area contributed by atoms with E-state index < -0.39 is 11.4 Å². The van der Waals surface area contributed by atoms with Crippen LogP contribution in [0.3, 0.4) is 0 Å². The normalized spacial score (nSPS) is 23.1. The highest BCUT2D eigenvalue weighted by molar-refractivity contribution is 5.77. The zero-order chi connectivity index (χ0) is 14.1. The summed E-state index contributed by atoms with van der Waals surface area (Å²) < 4.78 is 5.07. The Bertz CT molecular complexity index is 503. The Hall–Kier alpha value is -1.69. The van der Waals surface area contributed by atoms with Gasteiger partial charge in [-0.05, 0) is 18.6 Å². The van der Waals surface area contributed by atoms with Crippen LogP contribution in [0.1, 0.15) is 19.4 Å².